The monoisotopic (exact) mass is 543 g/mol. The highest BCUT2D eigenvalue weighted by Crippen LogP contribution is 2.30. The molecule has 4 aromatic heterocycles. The molecule has 0 atom stereocenters. The molecule has 2 fully saturated rings. The SMILES string of the molecule is O=C(Cc1ccccn1)N[C@H]1CC[C@H](Nc2cc(NC3CC3)c3ncc(C(=O)Nc4ccncc4F)n3n2)CC1. The van der Waals surface area contributed by atoms with Gasteiger partial charge in [-0.05, 0) is 56.7 Å². The lowest BCUT2D eigenvalue weighted by Gasteiger charge is -2.30. The summed E-state index contributed by atoms with van der Waals surface area (Å²) in [5, 5.41) is 17.4. The van der Waals surface area contributed by atoms with Gasteiger partial charge in [0.05, 0.1) is 30.2 Å². The maximum atomic E-state index is 14.1. The van der Waals surface area contributed by atoms with Crippen LogP contribution in [0.5, 0.6) is 0 Å². The Morgan fingerprint density at radius 3 is 2.42 bits per heavy atom. The predicted molar refractivity (Wildman–Crippen MR) is 148 cm³/mol. The molecule has 2 amide bonds. The number of hydrogen-bond donors (Lipinski definition) is 4. The number of nitrogens with one attached hydrogen (secondary N) is 4. The minimum atomic E-state index is -0.625. The van der Waals surface area contributed by atoms with Crippen molar-refractivity contribution in [3.63, 3.8) is 0 Å². The highest BCUT2D eigenvalue weighted by Gasteiger charge is 2.26. The highest BCUT2D eigenvalue weighted by molar-refractivity contribution is 6.03. The molecule has 2 aliphatic rings. The smallest absolute Gasteiger partial charge is 0.276 e. The number of halogens is 1. The lowest BCUT2D eigenvalue weighted by molar-refractivity contribution is -0.121. The lowest BCUT2D eigenvalue weighted by Crippen LogP contribution is -2.41. The lowest BCUT2D eigenvalue weighted by atomic mass is 9.91. The third-order valence-electron chi connectivity index (χ3n) is 7.17. The molecule has 4 aromatic rings. The number of anilines is 3. The fourth-order valence-electron chi connectivity index (χ4n) is 4.95. The van der Waals surface area contributed by atoms with Crippen molar-refractivity contribution in [2.45, 2.75) is 63.1 Å². The fourth-order valence-corrected chi connectivity index (χ4v) is 4.95. The van der Waals surface area contributed by atoms with E-state index in [-0.39, 0.29) is 35.8 Å². The Balaban J connectivity index is 1.13. The van der Waals surface area contributed by atoms with Crippen LogP contribution in [-0.2, 0) is 11.2 Å². The molecule has 11 nitrogen and oxygen atoms in total. The molecule has 0 radical (unpaired) electrons. The van der Waals surface area contributed by atoms with Gasteiger partial charge in [-0.1, -0.05) is 6.07 Å². The average Bonchev–Trinajstić information content (AvgIpc) is 3.66. The molecule has 0 aliphatic heterocycles. The van der Waals surface area contributed by atoms with Gasteiger partial charge in [0.15, 0.2) is 17.2 Å². The largest absolute Gasteiger partial charge is 0.379 e. The Morgan fingerprint density at radius 1 is 0.900 bits per heavy atom. The first-order valence-electron chi connectivity index (χ1n) is 13.5. The minimum absolute atomic E-state index is 0.0180. The average molecular weight is 544 g/mol. The number of carbonyl (C=O) groups is 2. The second-order valence-electron chi connectivity index (χ2n) is 10.3. The maximum absolute atomic E-state index is 14.1. The fraction of sp³-hybridized carbons (Fsp3) is 0.357. The Hall–Kier alpha value is -4.61. The first-order valence-corrected chi connectivity index (χ1v) is 13.5. The Labute approximate surface area is 230 Å². The molecular formula is C28H30FN9O2. The molecule has 6 rings (SSSR count). The van der Waals surface area contributed by atoms with Gasteiger partial charge in [0.1, 0.15) is 5.82 Å². The molecule has 40 heavy (non-hydrogen) atoms. The normalized spacial score (nSPS) is 18.7. The van der Waals surface area contributed by atoms with Gasteiger partial charge in [-0.3, -0.25) is 19.6 Å². The van der Waals surface area contributed by atoms with Crippen LogP contribution < -0.4 is 21.3 Å². The zero-order chi connectivity index (χ0) is 27.5. The van der Waals surface area contributed by atoms with Crippen molar-refractivity contribution in [2.75, 3.05) is 16.0 Å². The molecule has 0 spiro atoms. The van der Waals surface area contributed by atoms with Crippen molar-refractivity contribution in [3.8, 4) is 0 Å². The summed E-state index contributed by atoms with van der Waals surface area (Å²) in [5.41, 5.74) is 2.28. The van der Waals surface area contributed by atoms with Crippen LogP contribution in [0.4, 0.5) is 21.6 Å². The number of carbonyl (C=O) groups excluding carboxylic acids is 2. The summed E-state index contributed by atoms with van der Waals surface area (Å²) >= 11 is 0. The van der Waals surface area contributed by atoms with E-state index in [0.29, 0.717) is 17.5 Å². The van der Waals surface area contributed by atoms with Gasteiger partial charge in [-0.2, -0.15) is 0 Å². The van der Waals surface area contributed by atoms with Gasteiger partial charge in [-0.15, -0.1) is 5.10 Å². The van der Waals surface area contributed by atoms with Crippen LogP contribution in [0.3, 0.4) is 0 Å². The molecule has 0 bridgehead atoms. The molecule has 2 aliphatic carbocycles. The molecule has 206 valence electrons. The van der Waals surface area contributed by atoms with Crippen LogP contribution >= 0.6 is 0 Å². The van der Waals surface area contributed by atoms with Crippen molar-refractivity contribution in [1.82, 2.24) is 29.9 Å². The first kappa shape index (κ1) is 25.7. The molecule has 0 aromatic carbocycles. The minimum Gasteiger partial charge on any atom is -0.379 e. The number of pyridine rings is 2. The summed E-state index contributed by atoms with van der Waals surface area (Å²) in [6, 6.07) is 9.53. The standard InChI is InChI=1S/C28H30FN9O2/c29-21-15-30-12-10-22(21)36-28(40)24-16-32-27-23(33-17-4-5-17)14-25(37-38(24)27)34-18-6-8-19(9-7-18)35-26(39)13-20-3-1-2-11-31-20/h1-3,10-12,14-19,33H,4-9,13H2,(H,34,37)(H,35,39)(H,30,36,40)/t18-,19-. The van der Waals surface area contributed by atoms with Crippen molar-refractivity contribution < 1.29 is 14.0 Å². The van der Waals surface area contributed by atoms with E-state index in [9.17, 15) is 14.0 Å². The van der Waals surface area contributed by atoms with Crippen molar-refractivity contribution in [2.24, 2.45) is 0 Å². The topological polar surface area (TPSA) is 138 Å². The molecule has 4 heterocycles. The number of nitrogens with zero attached hydrogens (tertiary/aromatic N) is 5. The number of amides is 2. The van der Waals surface area contributed by atoms with Crippen molar-refractivity contribution in [1.29, 1.82) is 0 Å². The molecule has 4 N–H and O–H groups in total. The van der Waals surface area contributed by atoms with Crippen molar-refractivity contribution >= 4 is 34.7 Å². The zero-order valence-corrected chi connectivity index (χ0v) is 21.8. The van der Waals surface area contributed by atoms with Gasteiger partial charge >= 0.3 is 0 Å². The van der Waals surface area contributed by atoms with Gasteiger partial charge in [-0.25, -0.2) is 13.9 Å². The van der Waals surface area contributed by atoms with E-state index >= 15 is 0 Å². The van der Waals surface area contributed by atoms with Crippen LogP contribution in [0, 0.1) is 5.82 Å². The van der Waals surface area contributed by atoms with E-state index in [0.717, 1.165) is 56.1 Å². The quantitative estimate of drug-likeness (QED) is 0.251. The number of fused-ring (bicyclic) bond motifs is 1. The van der Waals surface area contributed by atoms with Gasteiger partial charge in [0.2, 0.25) is 5.91 Å². The maximum Gasteiger partial charge on any atom is 0.276 e. The second kappa shape index (κ2) is 11.2. The molecule has 0 saturated heterocycles. The first-order chi connectivity index (χ1) is 19.5. The van der Waals surface area contributed by atoms with E-state index in [4.69, 9.17) is 0 Å². The number of rotatable bonds is 9. The van der Waals surface area contributed by atoms with Gasteiger partial charge < -0.3 is 21.3 Å². The molecule has 0 unspecified atom stereocenters. The van der Waals surface area contributed by atoms with Crippen LogP contribution in [0.1, 0.15) is 54.7 Å². The molecular weight excluding hydrogens is 513 g/mol. The summed E-state index contributed by atoms with van der Waals surface area (Å²) in [6.07, 6.45) is 11.4. The Kier molecular flexibility index (Phi) is 7.21. The van der Waals surface area contributed by atoms with E-state index in [1.807, 2.05) is 24.3 Å². The van der Waals surface area contributed by atoms with Crippen LogP contribution in [0.2, 0.25) is 0 Å². The molecule has 12 heteroatoms. The number of imidazole rings is 1. The Morgan fingerprint density at radius 2 is 1.68 bits per heavy atom. The van der Waals surface area contributed by atoms with E-state index in [2.05, 4.69) is 41.3 Å². The summed E-state index contributed by atoms with van der Waals surface area (Å²) in [5.74, 6) is -0.558. The van der Waals surface area contributed by atoms with Crippen LogP contribution in [-0.4, -0.2) is 54.5 Å². The highest BCUT2D eigenvalue weighted by atomic mass is 19.1. The summed E-state index contributed by atoms with van der Waals surface area (Å²) in [7, 11) is 0. The van der Waals surface area contributed by atoms with E-state index < -0.39 is 11.7 Å². The third kappa shape index (κ3) is 6.00. The second-order valence-corrected chi connectivity index (χ2v) is 10.3. The number of aromatic nitrogens is 5. The third-order valence-corrected chi connectivity index (χ3v) is 7.17. The van der Waals surface area contributed by atoms with Crippen molar-refractivity contribution in [3.05, 3.63) is 72.3 Å². The zero-order valence-electron chi connectivity index (χ0n) is 21.8. The van der Waals surface area contributed by atoms with Gasteiger partial charge in [0, 0.05) is 42.3 Å². The Bertz CT molecular complexity index is 1520. The van der Waals surface area contributed by atoms with E-state index in [1.165, 1.54) is 23.0 Å². The summed E-state index contributed by atoms with van der Waals surface area (Å²) in [6.45, 7) is 0. The number of hydrogen-bond acceptors (Lipinski definition) is 8. The van der Waals surface area contributed by atoms with Gasteiger partial charge in [0.25, 0.3) is 5.91 Å². The van der Waals surface area contributed by atoms with Crippen LogP contribution in [0.15, 0.2) is 55.1 Å². The molecule has 2 saturated carbocycles. The predicted octanol–water partition coefficient (Wildman–Crippen LogP) is 3.57. The summed E-state index contributed by atoms with van der Waals surface area (Å²) in [4.78, 5) is 37.9. The summed E-state index contributed by atoms with van der Waals surface area (Å²) < 4.78 is 15.6. The van der Waals surface area contributed by atoms with E-state index in [1.54, 1.807) is 6.20 Å². The van der Waals surface area contributed by atoms with Crippen LogP contribution in [0.25, 0.3) is 5.65 Å².